The van der Waals surface area contributed by atoms with E-state index in [0.717, 1.165) is 29.2 Å². The zero-order valence-corrected chi connectivity index (χ0v) is 14.2. The van der Waals surface area contributed by atoms with Crippen LogP contribution in [0, 0.1) is 11.6 Å². The van der Waals surface area contributed by atoms with E-state index in [1.165, 1.54) is 6.07 Å². The second kappa shape index (κ2) is 7.17. The summed E-state index contributed by atoms with van der Waals surface area (Å²) in [6.07, 6.45) is 1.78. The molecule has 0 saturated carbocycles. The van der Waals surface area contributed by atoms with E-state index in [4.69, 9.17) is 0 Å². The Hall–Kier alpha value is -1.21. The zero-order chi connectivity index (χ0) is 15.4. The zero-order valence-electron chi connectivity index (χ0n) is 11.8. The van der Waals surface area contributed by atoms with Gasteiger partial charge < -0.3 is 10.2 Å². The Bertz CT molecular complexity index is 591. The van der Waals surface area contributed by atoms with Gasteiger partial charge in [-0.3, -0.25) is 0 Å². The first-order valence-electron chi connectivity index (χ1n) is 6.63. The summed E-state index contributed by atoms with van der Waals surface area (Å²) in [4.78, 5) is 7.52. The molecule has 1 aromatic carbocycles. The standard InChI is InChI=1S/C14H16BrF2N3S/c1-3-20(4-2)14-19-8-10(21-14)7-18-13-11(15)5-9(16)6-12(13)17/h5-6,8,18H,3-4,7H2,1-2H3. The molecule has 0 unspecified atom stereocenters. The summed E-state index contributed by atoms with van der Waals surface area (Å²) in [5.41, 5.74) is 0.259. The lowest BCUT2D eigenvalue weighted by Crippen LogP contribution is -2.21. The summed E-state index contributed by atoms with van der Waals surface area (Å²) < 4.78 is 27.1. The van der Waals surface area contributed by atoms with Crippen molar-refractivity contribution in [2.24, 2.45) is 0 Å². The molecule has 0 bridgehead atoms. The topological polar surface area (TPSA) is 28.2 Å². The first-order chi connectivity index (χ1) is 10.0. The van der Waals surface area contributed by atoms with Crippen LogP contribution in [0.3, 0.4) is 0 Å². The van der Waals surface area contributed by atoms with Crippen molar-refractivity contribution < 1.29 is 8.78 Å². The summed E-state index contributed by atoms with van der Waals surface area (Å²) >= 11 is 4.72. The van der Waals surface area contributed by atoms with Gasteiger partial charge >= 0.3 is 0 Å². The van der Waals surface area contributed by atoms with Crippen LogP contribution >= 0.6 is 27.3 Å². The van der Waals surface area contributed by atoms with E-state index in [9.17, 15) is 8.78 Å². The molecule has 0 spiro atoms. The summed E-state index contributed by atoms with van der Waals surface area (Å²) in [6, 6.07) is 2.10. The van der Waals surface area contributed by atoms with Crippen molar-refractivity contribution in [1.29, 1.82) is 0 Å². The van der Waals surface area contributed by atoms with E-state index in [1.54, 1.807) is 17.5 Å². The fourth-order valence-electron chi connectivity index (χ4n) is 1.91. The van der Waals surface area contributed by atoms with Crippen LogP contribution in [0.15, 0.2) is 22.8 Å². The number of thiazole rings is 1. The van der Waals surface area contributed by atoms with Crippen LogP contribution in [0.5, 0.6) is 0 Å². The van der Waals surface area contributed by atoms with Crippen molar-refractivity contribution in [1.82, 2.24) is 4.98 Å². The fraction of sp³-hybridized carbons (Fsp3) is 0.357. The number of nitrogens with zero attached hydrogens (tertiary/aromatic N) is 2. The Morgan fingerprint density at radius 1 is 1.29 bits per heavy atom. The highest BCUT2D eigenvalue weighted by molar-refractivity contribution is 9.10. The van der Waals surface area contributed by atoms with Gasteiger partial charge in [0.25, 0.3) is 0 Å². The average molecular weight is 376 g/mol. The van der Waals surface area contributed by atoms with Crippen molar-refractivity contribution in [3.05, 3.63) is 39.3 Å². The second-order valence-corrected chi connectivity index (χ2v) is 6.33. The third-order valence-corrected chi connectivity index (χ3v) is 4.71. The summed E-state index contributed by atoms with van der Waals surface area (Å²) in [7, 11) is 0. The van der Waals surface area contributed by atoms with Crippen molar-refractivity contribution in [2.75, 3.05) is 23.3 Å². The van der Waals surface area contributed by atoms with Gasteiger partial charge in [0.2, 0.25) is 0 Å². The van der Waals surface area contributed by atoms with Crippen LogP contribution < -0.4 is 10.2 Å². The van der Waals surface area contributed by atoms with Crippen LogP contribution in [0.4, 0.5) is 19.6 Å². The minimum absolute atomic E-state index is 0.259. The molecule has 21 heavy (non-hydrogen) atoms. The van der Waals surface area contributed by atoms with Crippen molar-refractivity contribution >= 4 is 38.1 Å². The van der Waals surface area contributed by atoms with Crippen LogP contribution in [-0.2, 0) is 6.54 Å². The molecule has 0 aliphatic heterocycles. The highest BCUT2D eigenvalue weighted by atomic mass is 79.9. The molecular weight excluding hydrogens is 360 g/mol. The number of aromatic nitrogens is 1. The molecule has 1 aromatic heterocycles. The lowest BCUT2D eigenvalue weighted by molar-refractivity contribution is 0.583. The third kappa shape index (κ3) is 3.91. The molecule has 0 fully saturated rings. The lowest BCUT2D eigenvalue weighted by Gasteiger charge is -2.16. The van der Waals surface area contributed by atoms with Gasteiger partial charge in [0.05, 0.1) is 12.2 Å². The molecule has 3 nitrogen and oxygen atoms in total. The van der Waals surface area contributed by atoms with E-state index < -0.39 is 11.6 Å². The summed E-state index contributed by atoms with van der Waals surface area (Å²) in [5.74, 6) is -1.22. The van der Waals surface area contributed by atoms with Crippen LogP contribution in [0.1, 0.15) is 18.7 Å². The van der Waals surface area contributed by atoms with Gasteiger partial charge in [0.15, 0.2) is 5.13 Å². The number of halogens is 3. The number of nitrogens with one attached hydrogen (secondary N) is 1. The van der Waals surface area contributed by atoms with E-state index in [0.29, 0.717) is 11.0 Å². The quantitative estimate of drug-likeness (QED) is 0.796. The molecule has 0 aliphatic carbocycles. The van der Waals surface area contributed by atoms with Gasteiger partial charge in [0.1, 0.15) is 11.6 Å². The lowest BCUT2D eigenvalue weighted by atomic mass is 10.3. The molecule has 7 heteroatoms. The van der Waals surface area contributed by atoms with Crippen LogP contribution in [0.2, 0.25) is 0 Å². The van der Waals surface area contributed by atoms with Gasteiger partial charge in [-0.05, 0) is 35.8 Å². The molecule has 0 amide bonds. The molecule has 0 atom stereocenters. The Morgan fingerprint density at radius 3 is 2.62 bits per heavy atom. The van der Waals surface area contributed by atoms with Gasteiger partial charge in [-0.25, -0.2) is 13.8 Å². The predicted octanol–water partition coefficient (Wildman–Crippen LogP) is 4.64. The van der Waals surface area contributed by atoms with Gasteiger partial charge in [-0.2, -0.15) is 0 Å². The summed E-state index contributed by atoms with van der Waals surface area (Å²) in [5, 5.41) is 3.93. The maximum atomic E-state index is 13.7. The summed E-state index contributed by atoms with van der Waals surface area (Å²) in [6.45, 7) is 6.39. The van der Waals surface area contributed by atoms with E-state index >= 15 is 0 Å². The van der Waals surface area contributed by atoms with Crippen LogP contribution in [0.25, 0.3) is 0 Å². The normalized spacial score (nSPS) is 10.7. The van der Waals surface area contributed by atoms with E-state index in [-0.39, 0.29) is 5.69 Å². The fourth-order valence-corrected chi connectivity index (χ4v) is 3.43. The maximum absolute atomic E-state index is 13.7. The molecule has 0 saturated heterocycles. The third-order valence-electron chi connectivity index (χ3n) is 3.02. The van der Waals surface area contributed by atoms with Crippen LogP contribution in [-0.4, -0.2) is 18.1 Å². The number of benzene rings is 1. The Morgan fingerprint density at radius 2 is 2.00 bits per heavy atom. The molecule has 114 valence electrons. The molecule has 2 aromatic rings. The predicted molar refractivity (Wildman–Crippen MR) is 87.1 cm³/mol. The second-order valence-electron chi connectivity index (χ2n) is 4.38. The molecule has 0 radical (unpaired) electrons. The van der Waals surface area contributed by atoms with Crippen molar-refractivity contribution in [3.8, 4) is 0 Å². The number of hydrogen-bond donors (Lipinski definition) is 1. The minimum Gasteiger partial charge on any atom is -0.377 e. The maximum Gasteiger partial charge on any atom is 0.185 e. The van der Waals surface area contributed by atoms with E-state index in [2.05, 4.69) is 45.0 Å². The molecular formula is C14H16BrF2N3S. The smallest absolute Gasteiger partial charge is 0.185 e. The Kier molecular flexibility index (Phi) is 5.52. The molecule has 2 rings (SSSR count). The number of hydrogen-bond acceptors (Lipinski definition) is 4. The van der Waals surface area contributed by atoms with Gasteiger partial charge in [-0.15, -0.1) is 11.3 Å². The van der Waals surface area contributed by atoms with Gasteiger partial charge in [0, 0.05) is 34.7 Å². The first kappa shape index (κ1) is 16.2. The highest BCUT2D eigenvalue weighted by Crippen LogP contribution is 2.28. The Labute approximate surface area is 135 Å². The van der Waals surface area contributed by atoms with Crippen molar-refractivity contribution in [3.63, 3.8) is 0 Å². The highest BCUT2D eigenvalue weighted by Gasteiger charge is 2.11. The Balaban J connectivity index is 2.07. The number of rotatable bonds is 6. The van der Waals surface area contributed by atoms with Gasteiger partial charge in [-0.1, -0.05) is 0 Å². The molecule has 1 N–H and O–H groups in total. The first-order valence-corrected chi connectivity index (χ1v) is 8.24. The number of anilines is 2. The monoisotopic (exact) mass is 375 g/mol. The molecule has 0 aliphatic rings. The molecule has 1 heterocycles. The SMILES string of the molecule is CCN(CC)c1ncc(CNc2c(F)cc(F)cc2Br)s1. The van der Waals surface area contributed by atoms with Crippen molar-refractivity contribution in [2.45, 2.75) is 20.4 Å². The van der Waals surface area contributed by atoms with E-state index in [1.807, 2.05) is 0 Å². The minimum atomic E-state index is -0.615. The average Bonchev–Trinajstić information content (AvgIpc) is 2.87. The largest absolute Gasteiger partial charge is 0.377 e.